The molecule has 2 aromatic heterocycles. The van der Waals surface area contributed by atoms with Crippen LogP contribution in [0.2, 0.25) is 20.1 Å². The minimum absolute atomic E-state index is 0.129. The van der Waals surface area contributed by atoms with Gasteiger partial charge in [0.1, 0.15) is 12.4 Å². The zero-order valence-electron chi connectivity index (χ0n) is 17.4. The van der Waals surface area contributed by atoms with Gasteiger partial charge in [-0.2, -0.15) is 0 Å². The van der Waals surface area contributed by atoms with Crippen molar-refractivity contribution in [2.24, 2.45) is 7.05 Å². The van der Waals surface area contributed by atoms with E-state index in [2.05, 4.69) is 20.5 Å². The zero-order chi connectivity index (χ0) is 24.2. The average molecular weight is 575 g/mol. The van der Waals surface area contributed by atoms with Crippen molar-refractivity contribution < 1.29 is 9.53 Å². The Bertz CT molecular complexity index is 1340. The maximum absolute atomic E-state index is 12.4. The number of amides is 1. The van der Waals surface area contributed by atoms with Crippen LogP contribution in [-0.4, -0.2) is 31.4 Å². The molecule has 34 heavy (non-hydrogen) atoms. The number of nitrogens with one attached hydrogen (secondary N) is 1. The molecule has 0 bridgehead atoms. The molecule has 0 aliphatic heterocycles. The molecule has 2 aromatic carbocycles. The van der Waals surface area contributed by atoms with E-state index in [1.165, 1.54) is 23.1 Å². The predicted molar refractivity (Wildman–Crippen MR) is 139 cm³/mol. The molecular weight excluding hydrogens is 560 g/mol. The van der Waals surface area contributed by atoms with Crippen molar-refractivity contribution in [2.75, 3.05) is 11.1 Å². The molecule has 0 aliphatic rings. The fourth-order valence-corrected chi connectivity index (χ4v) is 5.06. The molecule has 176 valence electrons. The van der Waals surface area contributed by atoms with Crippen molar-refractivity contribution in [3.63, 3.8) is 0 Å². The molecule has 0 spiro atoms. The molecule has 0 saturated carbocycles. The van der Waals surface area contributed by atoms with Gasteiger partial charge >= 0.3 is 0 Å². The van der Waals surface area contributed by atoms with E-state index in [1.807, 2.05) is 5.38 Å². The summed E-state index contributed by atoms with van der Waals surface area (Å²) in [5.41, 5.74) is 1.40. The lowest BCUT2D eigenvalue weighted by molar-refractivity contribution is -0.113. The summed E-state index contributed by atoms with van der Waals surface area (Å²) < 4.78 is 7.45. The molecule has 4 aromatic rings. The maximum atomic E-state index is 12.4. The monoisotopic (exact) mass is 573 g/mol. The van der Waals surface area contributed by atoms with Crippen molar-refractivity contribution in [3.8, 4) is 17.0 Å². The Morgan fingerprint density at radius 3 is 2.65 bits per heavy atom. The highest BCUT2D eigenvalue weighted by molar-refractivity contribution is 7.99. The van der Waals surface area contributed by atoms with E-state index < -0.39 is 0 Å². The molecule has 1 N–H and O–H groups in total. The Hall–Kier alpha value is -2.01. The van der Waals surface area contributed by atoms with Crippen LogP contribution in [0.25, 0.3) is 11.3 Å². The number of rotatable bonds is 8. The third-order valence-corrected chi connectivity index (χ3v) is 7.34. The summed E-state index contributed by atoms with van der Waals surface area (Å²) in [5.74, 6) is 0.931. The lowest BCUT2D eigenvalue weighted by Gasteiger charge is -2.08. The fraction of sp³-hybridized carbons (Fsp3) is 0.143. The van der Waals surface area contributed by atoms with Crippen LogP contribution < -0.4 is 10.1 Å². The Balaban J connectivity index is 1.32. The molecule has 0 unspecified atom stereocenters. The molecule has 7 nitrogen and oxygen atoms in total. The highest BCUT2D eigenvalue weighted by Crippen LogP contribution is 2.32. The van der Waals surface area contributed by atoms with Crippen LogP contribution in [0, 0.1) is 0 Å². The first-order valence-corrected chi connectivity index (χ1v) is 13.0. The number of hydrogen-bond donors (Lipinski definition) is 1. The topological polar surface area (TPSA) is 81.9 Å². The van der Waals surface area contributed by atoms with Crippen LogP contribution in [-0.2, 0) is 18.4 Å². The number of aromatic nitrogens is 4. The van der Waals surface area contributed by atoms with E-state index in [0.717, 1.165) is 5.56 Å². The number of halogens is 4. The van der Waals surface area contributed by atoms with Gasteiger partial charge in [-0.3, -0.25) is 4.79 Å². The first-order valence-electron chi connectivity index (χ1n) is 9.60. The molecule has 4 rings (SSSR count). The number of hydrogen-bond acceptors (Lipinski definition) is 7. The highest BCUT2D eigenvalue weighted by atomic mass is 35.5. The van der Waals surface area contributed by atoms with Gasteiger partial charge in [0.15, 0.2) is 16.1 Å². The van der Waals surface area contributed by atoms with Crippen LogP contribution in [0.15, 0.2) is 46.9 Å². The normalized spacial score (nSPS) is 11.0. The van der Waals surface area contributed by atoms with Gasteiger partial charge in [-0.15, -0.1) is 21.5 Å². The lowest BCUT2D eigenvalue weighted by Crippen LogP contribution is -2.14. The van der Waals surface area contributed by atoms with Gasteiger partial charge in [-0.1, -0.05) is 58.2 Å². The van der Waals surface area contributed by atoms with Gasteiger partial charge in [0.25, 0.3) is 0 Å². The molecule has 0 aliphatic carbocycles. The van der Waals surface area contributed by atoms with Crippen LogP contribution in [0.3, 0.4) is 0 Å². The number of nitrogens with zero attached hydrogens (tertiary/aromatic N) is 4. The standard InChI is InChI=1S/C21H15Cl4N5O2S2/c1-30-18(8-32-17-7-12(23)3-5-14(17)24)28-29-21(30)34-10-19(31)27-20-26-16(9-33-20)13-4-2-11(22)6-15(13)25/h2-7,9H,8,10H2,1H3,(H,26,27,31). The van der Waals surface area contributed by atoms with E-state index >= 15 is 0 Å². The van der Waals surface area contributed by atoms with Gasteiger partial charge in [0.05, 0.1) is 21.5 Å². The number of ether oxygens (including phenoxy) is 1. The summed E-state index contributed by atoms with van der Waals surface area (Å²) in [5, 5.41) is 15.9. The van der Waals surface area contributed by atoms with Gasteiger partial charge in [0, 0.05) is 34.1 Å². The predicted octanol–water partition coefficient (Wildman–Crippen LogP) is 6.86. The van der Waals surface area contributed by atoms with E-state index in [9.17, 15) is 4.79 Å². The average Bonchev–Trinajstić information content (AvgIpc) is 3.39. The molecule has 0 fully saturated rings. The van der Waals surface area contributed by atoms with Crippen molar-refractivity contribution in [1.82, 2.24) is 19.7 Å². The van der Waals surface area contributed by atoms with Crippen LogP contribution in [0.5, 0.6) is 5.75 Å². The van der Waals surface area contributed by atoms with Gasteiger partial charge < -0.3 is 14.6 Å². The third-order valence-electron chi connectivity index (χ3n) is 4.47. The van der Waals surface area contributed by atoms with Gasteiger partial charge in [-0.25, -0.2) is 4.98 Å². The van der Waals surface area contributed by atoms with E-state index in [0.29, 0.717) is 47.6 Å². The van der Waals surface area contributed by atoms with E-state index in [-0.39, 0.29) is 18.3 Å². The number of thiazole rings is 1. The molecule has 13 heteroatoms. The Morgan fingerprint density at radius 2 is 1.85 bits per heavy atom. The van der Waals surface area contributed by atoms with E-state index in [1.54, 1.807) is 48.0 Å². The molecule has 0 radical (unpaired) electrons. The molecular formula is C21H15Cl4N5O2S2. The van der Waals surface area contributed by atoms with Crippen LogP contribution in [0.1, 0.15) is 5.82 Å². The van der Waals surface area contributed by atoms with Gasteiger partial charge in [-0.05, 0) is 30.3 Å². The second kappa shape index (κ2) is 11.2. The molecule has 2 heterocycles. The van der Waals surface area contributed by atoms with Crippen molar-refractivity contribution in [3.05, 3.63) is 67.7 Å². The summed E-state index contributed by atoms with van der Waals surface area (Å²) >= 11 is 26.8. The summed E-state index contributed by atoms with van der Waals surface area (Å²) in [4.78, 5) is 16.9. The number of carbonyl (C=O) groups excluding carboxylic acids is 1. The van der Waals surface area contributed by atoms with Crippen molar-refractivity contribution in [1.29, 1.82) is 0 Å². The molecule has 1 amide bonds. The number of benzene rings is 2. The highest BCUT2D eigenvalue weighted by Gasteiger charge is 2.15. The Morgan fingerprint density at radius 1 is 1.09 bits per heavy atom. The zero-order valence-corrected chi connectivity index (χ0v) is 22.0. The Labute approximate surface area is 223 Å². The summed E-state index contributed by atoms with van der Waals surface area (Å²) in [6.45, 7) is 0.144. The minimum atomic E-state index is -0.223. The molecule has 0 saturated heterocycles. The summed E-state index contributed by atoms with van der Waals surface area (Å²) in [6.07, 6.45) is 0. The van der Waals surface area contributed by atoms with E-state index in [4.69, 9.17) is 51.1 Å². The second-order valence-corrected chi connectivity index (χ2v) is 10.3. The number of carbonyl (C=O) groups is 1. The SMILES string of the molecule is Cn1c(COc2cc(Cl)ccc2Cl)nnc1SCC(=O)Nc1nc(-c2ccc(Cl)cc2Cl)cs1. The smallest absolute Gasteiger partial charge is 0.236 e. The van der Waals surface area contributed by atoms with Crippen molar-refractivity contribution in [2.45, 2.75) is 11.8 Å². The largest absolute Gasteiger partial charge is 0.484 e. The lowest BCUT2D eigenvalue weighted by atomic mass is 10.2. The van der Waals surface area contributed by atoms with Gasteiger partial charge in [0.2, 0.25) is 5.91 Å². The maximum Gasteiger partial charge on any atom is 0.236 e. The Kier molecular flexibility index (Phi) is 8.23. The first kappa shape index (κ1) is 25.1. The second-order valence-electron chi connectivity index (χ2n) is 6.82. The summed E-state index contributed by atoms with van der Waals surface area (Å²) in [6, 6.07) is 10.1. The minimum Gasteiger partial charge on any atom is -0.484 e. The van der Waals surface area contributed by atoms with Crippen LogP contribution >= 0.6 is 69.5 Å². The quantitative estimate of drug-likeness (QED) is 0.231. The fourth-order valence-electron chi connectivity index (χ4n) is 2.76. The molecule has 0 atom stereocenters. The summed E-state index contributed by atoms with van der Waals surface area (Å²) in [7, 11) is 1.79. The number of anilines is 1. The van der Waals surface area contributed by atoms with Crippen LogP contribution in [0.4, 0.5) is 5.13 Å². The first-order chi connectivity index (χ1) is 16.3. The van der Waals surface area contributed by atoms with Crippen molar-refractivity contribution >= 4 is 80.5 Å². The number of thioether (sulfide) groups is 1. The third kappa shape index (κ3) is 6.16.